The van der Waals surface area contributed by atoms with Crippen LogP contribution < -0.4 is 15.9 Å². The number of carboxylic acids is 1. The summed E-state index contributed by atoms with van der Waals surface area (Å²) in [4.78, 5) is 62.2. The maximum Gasteiger partial charge on any atom is 0.410 e. The summed E-state index contributed by atoms with van der Waals surface area (Å²) in [5.74, 6) is -3.84. The molecular weight excluding hydrogens is 722 g/mol. The van der Waals surface area contributed by atoms with Crippen LogP contribution in [0.25, 0.3) is 28.0 Å². The van der Waals surface area contributed by atoms with Gasteiger partial charge in [-0.05, 0) is 76.4 Å². The third-order valence-electron chi connectivity index (χ3n) is 8.68. The summed E-state index contributed by atoms with van der Waals surface area (Å²) in [5, 5.41) is 22.1. The highest BCUT2D eigenvalue weighted by Crippen LogP contribution is 2.36. The molecule has 1 saturated heterocycles. The second-order valence-corrected chi connectivity index (χ2v) is 14.2. The highest BCUT2D eigenvalue weighted by Gasteiger charge is 2.33. The van der Waals surface area contributed by atoms with E-state index in [-0.39, 0.29) is 68.9 Å². The fourth-order valence-electron chi connectivity index (χ4n) is 6.41. The lowest BCUT2D eigenvalue weighted by Crippen LogP contribution is -2.55. The number of amides is 2. The number of ether oxygens (including phenoxy) is 3. The first-order chi connectivity index (χ1) is 25.9. The number of carboxylic acid groups (broad SMARTS) is 1. The van der Waals surface area contributed by atoms with E-state index < -0.39 is 64.5 Å². The summed E-state index contributed by atoms with van der Waals surface area (Å²) in [6.07, 6.45) is -0.489. The van der Waals surface area contributed by atoms with Crippen LogP contribution in [0, 0.1) is 25.5 Å². The SMILES string of the molecule is Cc1cc(CNC(=O)COCCOCC(=O)O)cc(C)c1-n1c(=O)nc(N2CCN(C(=O)OC(C)(C)C)C[C@@H]2C)c2cc(F)c(-c3c(O)cccc3F)nc21. The molecule has 0 bridgehead atoms. The Balaban J connectivity index is 1.52. The number of halogens is 2. The van der Waals surface area contributed by atoms with Crippen LogP contribution in [0.1, 0.15) is 44.4 Å². The maximum absolute atomic E-state index is 16.1. The average Bonchev–Trinajstić information content (AvgIpc) is 3.09. The molecule has 0 spiro atoms. The Morgan fingerprint density at radius 1 is 0.982 bits per heavy atom. The van der Waals surface area contributed by atoms with Gasteiger partial charge in [0, 0.05) is 32.2 Å². The van der Waals surface area contributed by atoms with Gasteiger partial charge in [0.25, 0.3) is 0 Å². The van der Waals surface area contributed by atoms with Crippen LogP contribution in [0.4, 0.5) is 19.4 Å². The highest BCUT2D eigenvalue weighted by atomic mass is 19.1. The molecule has 1 aliphatic rings. The summed E-state index contributed by atoms with van der Waals surface area (Å²) in [6, 6.07) is 7.76. The minimum absolute atomic E-state index is 0.0114. The van der Waals surface area contributed by atoms with Gasteiger partial charge in [0.15, 0.2) is 11.5 Å². The topological polar surface area (TPSA) is 186 Å². The number of aliphatic carboxylic acids is 1. The van der Waals surface area contributed by atoms with Crippen LogP contribution in [0.5, 0.6) is 5.75 Å². The van der Waals surface area contributed by atoms with Gasteiger partial charge < -0.3 is 39.5 Å². The summed E-state index contributed by atoms with van der Waals surface area (Å²) in [6.45, 7) is 10.7. The fourth-order valence-corrected chi connectivity index (χ4v) is 6.41. The van der Waals surface area contributed by atoms with Crippen molar-refractivity contribution >= 4 is 34.8 Å². The van der Waals surface area contributed by atoms with E-state index in [1.807, 2.05) is 6.92 Å². The van der Waals surface area contributed by atoms with E-state index in [0.29, 0.717) is 22.4 Å². The van der Waals surface area contributed by atoms with Crippen LogP contribution in [0.2, 0.25) is 0 Å². The number of aryl methyl sites for hydroxylation is 2. The summed E-state index contributed by atoms with van der Waals surface area (Å²) < 4.78 is 48.1. The number of carbonyl (C=O) groups is 3. The molecule has 5 rings (SSSR count). The van der Waals surface area contributed by atoms with Crippen LogP contribution in [0.3, 0.4) is 0 Å². The number of rotatable bonds is 12. The standard InChI is InChI=1S/C38H44F2N6O9/c1-21-14-24(17-41-29(48)19-53-12-13-54-20-30(49)50)15-22(2)33(21)46-35-25(16-27(40)32(42-35)31-26(39)8-7-9-28(31)47)34(43-36(46)51)45-11-10-44(18-23(45)3)37(52)55-38(4,5)6/h7-9,14-16,23,47H,10-13,17-20H2,1-6H3,(H,41,48)(H,49,50)/t23-/m0/s1. The predicted octanol–water partition coefficient (Wildman–Crippen LogP) is 4.23. The number of hydrogen-bond donors (Lipinski definition) is 3. The molecule has 0 saturated carbocycles. The Kier molecular flexibility index (Phi) is 12.4. The molecule has 3 heterocycles. The van der Waals surface area contributed by atoms with E-state index in [9.17, 15) is 24.3 Å². The normalized spacial score (nSPS) is 14.7. The van der Waals surface area contributed by atoms with Crippen LogP contribution in [-0.4, -0.2) is 105 Å². The van der Waals surface area contributed by atoms with Gasteiger partial charge in [-0.1, -0.05) is 18.2 Å². The van der Waals surface area contributed by atoms with E-state index in [0.717, 1.165) is 12.1 Å². The van der Waals surface area contributed by atoms with E-state index >= 15 is 8.78 Å². The van der Waals surface area contributed by atoms with E-state index in [4.69, 9.17) is 19.3 Å². The van der Waals surface area contributed by atoms with Crippen molar-refractivity contribution < 1.29 is 47.6 Å². The molecule has 294 valence electrons. The number of pyridine rings is 1. The maximum atomic E-state index is 16.1. The molecule has 0 aliphatic carbocycles. The monoisotopic (exact) mass is 766 g/mol. The number of nitrogens with one attached hydrogen (secondary N) is 1. The lowest BCUT2D eigenvalue weighted by atomic mass is 10.0. The van der Waals surface area contributed by atoms with E-state index in [1.54, 1.807) is 56.6 Å². The van der Waals surface area contributed by atoms with Crippen LogP contribution in [0.15, 0.2) is 41.2 Å². The number of piperazine rings is 1. The molecule has 1 atom stereocenters. The molecule has 0 unspecified atom stereocenters. The van der Waals surface area contributed by atoms with Crippen molar-refractivity contribution in [3.63, 3.8) is 0 Å². The Morgan fingerprint density at radius 3 is 2.27 bits per heavy atom. The lowest BCUT2D eigenvalue weighted by Gasteiger charge is -2.41. The van der Waals surface area contributed by atoms with Gasteiger partial charge in [-0.3, -0.25) is 4.79 Å². The highest BCUT2D eigenvalue weighted by molar-refractivity contribution is 5.91. The zero-order chi connectivity index (χ0) is 40.2. The number of nitrogens with zero attached hydrogens (tertiary/aromatic N) is 5. The predicted molar refractivity (Wildman–Crippen MR) is 197 cm³/mol. The number of fused-ring (bicyclic) bond motifs is 1. The largest absolute Gasteiger partial charge is 0.507 e. The van der Waals surface area contributed by atoms with Crippen molar-refractivity contribution in [2.24, 2.45) is 0 Å². The van der Waals surface area contributed by atoms with Crippen molar-refractivity contribution in [2.75, 3.05) is 51.0 Å². The van der Waals surface area contributed by atoms with Crippen LogP contribution in [-0.2, 0) is 30.3 Å². The molecule has 55 heavy (non-hydrogen) atoms. The lowest BCUT2D eigenvalue weighted by molar-refractivity contribution is -0.143. The van der Waals surface area contributed by atoms with Crippen molar-refractivity contribution in [1.29, 1.82) is 0 Å². The van der Waals surface area contributed by atoms with Gasteiger partial charge in [0.2, 0.25) is 5.91 Å². The number of phenolic OH excluding ortho intramolecular Hbond substituents is 1. The molecule has 2 amide bonds. The average molecular weight is 767 g/mol. The molecule has 15 nitrogen and oxygen atoms in total. The number of aromatic hydroxyl groups is 1. The first-order valence-corrected chi connectivity index (χ1v) is 17.5. The summed E-state index contributed by atoms with van der Waals surface area (Å²) >= 11 is 0. The van der Waals surface area contributed by atoms with E-state index in [1.165, 1.54) is 16.7 Å². The minimum Gasteiger partial charge on any atom is -0.507 e. The fraction of sp³-hybridized carbons (Fsp3) is 0.421. The minimum atomic E-state index is -1.11. The summed E-state index contributed by atoms with van der Waals surface area (Å²) in [7, 11) is 0. The van der Waals surface area contributed by atoms with Crippen LogP contribution >= 0.6 is 0 Å². The Labute approximate surface area is 315 Å². The first-order valence-electron chi connectivity index (χ1n) is 17.5. The number of carbonyl (C=O) groups excluding carboxylic acids is 2. The number of aromatic nitrogens is 3. The molecular formula is C38H44F2N6O9. The van der Waals surface area contributed by atoms with Gasteiger partial charge in [-0.15, -0.1) is 0 Å². The van der Waals surface area contributed by atoms with E-state index in [2.05, 4.69) is 15.3 Å². The quantitative estimate of drug-likeness (QED) is 0.175. The van der Waals surface area contributed by atoms with Gasteiger partial charge >= 0.3 is 17.8 Å². The number of benzene rings is 2. The molecule has 2 aromatic carbocycles. The molecule has 17 heteroatoms. The van der Waals surface area contributed by atoms with Gasteiger partial charge in [-0.25, -0.2) is 32.7 Å². The third kappa shape index (κ3) is 9.53. The number of phenols is 1. The van der Waals surface area contributed by atoms with Crippen molar-refractivity contribution in [2.45, 2.75) is 59.7 Å². The van der Waals surface area contributed by atoms with Crippen molar-refractivity contribution in [3.05, 3.63) is 75.2 Å². The molecule has 0 radical (unpaired) electrons. The Morgan fingerprint density at radius 2 is 1.65 bits per heavy atom. The second-order valence-electron chi connectivity index (χ2n) is 14.2. The Bertz CT molecular complexity index is 2130. The van der Waals surface area contributed by atoms with Crippen molar-refractivity contribution in [1.82, 2.24) is 24.8 Å². The zero-order valence-electron chi connectivity index (χ0n) is 31.4. The summed E-state index contributed by atoms with van der Waals surface area (Å²) in [5.41, 5.74) is -0.281. The molecule has 1 fully saturated rings. The molecule has 3 N–H and O–H groups in total. The number of anilines is 1. The molecule has 4 aromatic rings. The van der Waals surface area contributed by atoms with Gasteiger partial charge in [-0.2, -0.15) is 4.98 Å². The van der Waals surface area contributed by atoms with Gasteiger partial charge in [0.1, 0.15) is 41.9 Å². The Hall–Kier alpha value is -5.68. The van der Waals surface area contributed by atoms with Gasteiger partial charge in [0.05, 0.1) is 29.9 Å². The second kappa shape index (κ2) is 16.8. The van der Waals surface area contributed by atoms with Crippen molar-refractivity contribution in [3.8, 4) is 22.7 Å². The third-order valence-corrected chi connectivity index (χ3v) is 8.68. The first kappa shape index (κ1) is 40.5. The number of hydrogen-bond acceptors (Lipinski definition) is 11. The molecule has 1 aliphatic heterocycles. The zero-order valence-corrected chi connectivity index (χ0v) is 31.4. The molecule has 2 aromatic heterocycles. The smallest absolute Gasteiger partial charge is 0.410 e.